The number of hydrogen-bond donors (Lipinski definition) is 0. The van der Waals surface area contributed by atoms with E-state index in [4.69, 9.17) is 11.6 Å². The molecule has 1 aromatic carbocycles. The fraction of sp³-hybridized carbons (Fsp3) is 0.529. The van der Waals surface area contributed by atoms with Crippen molar-refractivity contribution < 1.29 is 13.2 Å². The van der Waals surface area contributed by atoms with Crippen LogP contribution >= 0.6 is 23.4 Å². The lowest BCUT2D eigenvalue weighted by molar-refractivity contribution is -0.121. The molecule has 136 valence electrons. The van der Waals surface area contributed by atoms with Crippen molar-refractivity contribution in [2.75, 3.05) is 11.5 Å². The number of thioether (sulfide) groups is 1. The van der Waals surface area contributed by atoms with E-state index in [1.165, 1.54) is 11.8 Å². The van der Waals surface area contributed by atoms with E-state index in [2.05, 4.69) is 4.99 Å². The molecule has 3 rings (SSSR count). The zero-order valence-corrected chi connectivity index (χ0v) is 16.6. The van der Waals surface area contributed by atoms with Crippen LogP contribution < -0.4 is 0 Å². The number of fused-ring (bicyclic) bond motifs is 1. The molecule has 1 amide bonds. The lowest BCUT2D eigenvalue weighted by Gasteiger charge is -2.24. The van der Waals surface area contributed by atoms with Crippen LogP contribution in [0.15, 0.2) is 29.3 Å². The summed E-state index contributed by atoms with van der Waals surface area (Å²) >= 11 is 7.36. The number of benzene rings is 1. The van der Waals surface area contributed by atoms with Crippen molar-refractivity contribution in [3.8, 4) is 0 Å². The first kappa shape index (κ1) is 18.7. The van der Waals surface area contributed by atoms with Gasteiger partial charge in [0.1, 0.15) is 0 Å². The summed E-state index contributed by atoms with van der Waals surface area (Å²) in [7, 11) is -3.03. The Kier molecular flexibility index (Phi) is 5.46. The molecule has 8 heteroatoms. The van der Waals surface area contributed by atoms with Gasteiger partial charge in [0.25, 0.3) is 5.91 Å². The molecule has 0 bridgehead atoms. The van der Waals surface area contributed by atoms with E-state index < -0.39 is 9.84 Å². The summed E-state index contributed by atoms with van der Waals surface area (Å²) in [6.07, 6.45) is 0.735. The number of hydrogen-bond acceptors (Lipinski definition) is 4. The van der Waals surface area contributed by atoms with E-state index in [0.717, 1.165) is 12.0 Å². The first-order valence-electron chi connectivity index (χ1n) is 8.29. The number of sulfone groups is 1. The molecule has 3 atom stereocenters. The largest absolute Gasteiger partial charge is 0.342 e. The summed E-state index contributed by atoms with van der Waals surface area (Å²) in [5.41, 5.74) is 1.01. The van der Waals surface area contributed by atoms with Gasteiger partial charge in [0.15, 0.2) is 15.0 Å². The van der Waals surface area contributed by atoms with E-state index in [0.29, 0.717) is 16.7 Å². The average Bonchev–Trinajstić information content (AvgIpc) is 3.01. The fourth-order valence-corrected chi connectivity index (χ4v) is 7.07. The Morgan fingerprint density at radius 2 is 2.04 bits per heavy atom. The highest BCUT2D eigenvalue weighted by Gasteiger charge is 2.48. The highest BCUT2D eigenvalue weighted by atomic mass is 35.5. The van der Waals surface area contributed by atoms with Crippen molar-refractivity contribution in [2.24, 2.45) is 10.9 Å². The van der Waals surface area contributed by atoms with Crippen LogP contribution in [0.3, 0.4) is 0 Å². The lowest BCUT2D eigenvalue weighted by atomic mass is 10.1. The molecule has 2 heterocycles. The SMILES string of the molecule is CC[C@H](C)C(=O)N=C1S[C@H]2CS(=O)(=O)C[C@H]2N1Cc1ccc(Cl)cc1. The highest BCUT2D eigenvalue weighted by Crippen LogP contribution is 2.39. The van der Waals surface area contributed by atoms with Crippen LogP contribution in [0.5, 0.6) is 0 Å². The predicted molar refractivity (Wildman–Crippen MR) is 103 cm³/mol. The Labute approximate surface area is 157 Å². The molecule has 2 aliphatic heterocycles. The second-order valence-corrected chi connectivity index (χ2v) is 10.4. The van der Waals surface area contributed by atoms with Gasteiger partial charge in [-0.3, -0.25) is 4.79 Å². The molecule has 2 saturated heterocycles. The van der Waals surface area contributed by atoms with Crippen LogP contribution in [-0.2, 0) is 21.2 Å². The summed E-state index contributed by atoms with van der Waals surface area (Å²) in [5, 5.41) is 1.24. The minimum Gasteiger partial charge on any atom is -0.342 e. The Balaban J connectivity index is 1.88. The maximum Gasteiger partial charge on any atom is 0.250 e. The topological polar surface area (TPSA) is 66.8 Å². The third-order valence-electron chi connectivity index (χ3n) is 4.68. The summed E-state index contributed by atoms with van der Waals surface area (Å²) in [5.74, 6) is -0.00581. The number of aliphatic imine (C=N–C) groups is 1. The summed E-state index contributed by atoms with van der Waals surface area (Å²) in [6, 6.07) is 7.32. The summed E-state index contributed by atoms with van der Waals surface area (Å²) < 4.78 is 24.0. The smallest absolute Gasteiger partial charge is 0.250 e. The Hall–Kier alpha value is -1.05. The Bertz CT molecular complexity index is 793. The van der Waals surface area contributed by atoms with E-state index in [1.54, 1.807) is 0 Å². The third-order valence-corrected chi connectivity index (χ3v) is 8.18. The number of halogens is 1. The number of rotatable bonds is 4. The van der Waals surface area contributed by atoms with E-state index in [9.17, 15) is 13.2 Å². The quantitative estimate of drug-likeness (QED) is 0.777. The summed E-state index contributed by atoms with van der Waals surface area (Å²) in [6.45, 7) is 4.34. The van der Waals surface area contributed by atoms with Crippen molar-refractivity contribution in [1.82, 2.24) is 4.90 Å². The first-order chi connectivity index (χ1) is 11.8. The highest BCUT2D eigenvalue weighted by molar-refractivity contribution is 8.15. The van der Waals surface area contributed by atoms with Crippen molar-refractivity contribution in [3.63, 3.8) is 0 Å². The Morgan fingerprint density at radius 3 is 2.68 bits per heavy atom. The normalized spacial score (nSPS) is 27.5. The average molecular weight is 401 g/mol. The van der Waals surface area contributed by atoms with Gasteiger partial charge >= 0.3 is 0 Å². The van der Waals surface area contributed by atoms with E-state index in [-0.39, 0.29) is 34.6 Å². The van der Waals surface area contributed by atoms with Crippen LogP contribution in [0.2, 0.25) is 5.02 Å². The molecule has 2 fully saturated rings. The number of carbonyl (C=O) groups is 1. The van der Waals surface area contributed by atoms with Crippen LogP contribution in [0.25, 0.3) is 0 Å². The van der Waals surface area contributed by atoms with Gasteiger partial charge in [0.2, 0.25) is 0 Å². The van der Waals surface area contributed by atoms with Crippen molar-refractivity contribution in [2.45, 2.75) is 38.1 Å². The second-order valence-electron chi connectivity index (χ2n) is 6.60. The molecular formula is C17H21ClN2O3S2. The van der Waals surface area contributed by atoms with Gasteiger partial charge in [-0.2, -0.15) is 4.99 Å². The van der Waals surface area contributed by atoms with E-state index >= 15 is 0 Å². The number of carbonyl (C=O) groups excluding carboxylic acids is 1. The minimum atomic E-state index is -3.03. The zero-order valence-electron chi connectivity index (χ0n) is 14.2. The molecule has 1 aromatic rings. The number of nitrogens with zero attached hydrogens (tertiary/aromatic N) is 2. The zero-order chi connectivity index (χ0) is 18.2. The summed E-state index contributed by atoms with van der Waals surface area (Å²) in [4.78, 5) is 18.6. The third kappa shape index (κ3) is 4.20. The minimum absolute atomic E-state index is 0.0548. The molecule has 2 aliphatic rings. The van der Waals surface area contributed by atoms with E-state index in [1.807, 2.05) is 43.0 Å². The second kappa shape index (κ2) is 7.29. The van der Waals surface area contributed by atoms with Gasteiger partial charge in [0, 0.05) is 22.7 Å². The first-order valence-corrected chi connectivity index (χ1v) is 11.4. The van der Waals surface area contributed by atoms with Crippen molar-refractivity contribution in [1.29, 1.82) is 0 Å². The van der Waals surface area contributed by atoms with Gasteiger partial charge in [-0.05, 0) is 24.1 Å². The lowest BCUT2D eigenvalue weighted by Crippen LogP contribution is -2.37. The fourth-order valence-electron chi connectivity index (χ4n) is 2.99. The molecule has 0 radical (unpaired) electrons. The maximum atomic E-state index is 12.3. The van der Waals surface area contributed by atoms with Gasteiger partial charge in [0.05, 0.1) is 17.5 Å². The van der Waals surface area contributed by atoms with Crippen molar-refractivity contribution in [3.05, 3.63) is 34.9 Å². The maximum absolute atomic E-state index is 12.3. The van der Waals surface area contributed by atoms with Crippen LogP contribution in [-0.4, -0.2) is 47.2 Å². The number of amidine groups is 1. The van der Waals surface area contributed by atoms with Crippen molar-refractivity contribution >= 4 is 44.3 Å². The molecule has 0 unspecified atom stereocenters. The molecule has 0 N–H and O–H groups in total. The molecule has 0 aromatic heterocycles. The van der Waals surface area contributed by atoms with Crippen LogP contribution in [0, 0.1) is 5.92 Å². The van der Waals surface area contributed by atoms with Gasteiger partial charge in [-0.25, -0.2) is 8.42 Å². The van der Waals surface area contributed by atoms with Crippen LogP contribution in [0.1, 0.15) is 25.8 Å². The number of amides is 1. The Morgan fingerprint density at radius 1 is 1.36 bits per heavy atom. The van der Waals surface area contributed by atoms with Gasteiger partial charge in [-0.1, -0.05) is 49.3 Å². The molecular weight excluding hydrogens is 380 g/mol. The standard InChI is InChI=1S/C17H21ClN2O3S2/c1-3-11(2)16(21)19-17-20(8-12-4-6-13(18)7-5-12)14-9-25(22,23)10-15(14)24-17/h4-7,11,14-15H,3,8-10H2,1-2H3/t11-,14+,15-/m0/s1. The monoisotopic (exact) mass is 400 g/mol. The van der Waals surface area contributed by atoms with Gasteiger partial charge in [-0.15, -0.1) is 0 Å². The predicted octanol–water partition coefficient (Wildman–Crippen LogP) is 2.98. The molecule has 25 heavy (non-hydrogen) atoms. The molecule has 0 spiro atoms. The van der Waals surface area contributed by atoms with Crippen LogP contribution in [0.4, 0.5) is 0 Å². The molecule has 5 nitrogen and oxygen atoms in total. The molecule has 0 aliphatic carbocycles. The molecule has 0 saturated carbocycles. The van der Waals surface area contributed by atoms with Gasteiger partial charge < -0.3 is 4.90 Å².